The Labute approximate surface area is 174 Å². The molecular formula is C21H19ClN2O3S. The van der Waals surface area contributed by atoms with E-state index >= 15 is 0 Å². The second-order valence-electron chi connectivity index (χ2n) is 5.98. The number of benzene rings is 2. The molecule has 0 unspecified atom stereocenters. The smallest absolute Gasteiger partial charge is 0.276 e. The molecule has 1 amide bonds. The van der Waals surface area contributed by atoms with Gasteiger partial charge in [-0.15, -0.1) is 0 Å². The molecule has 0 atom stereocenters. The van der Waals surface area contributed by atoms with Crippen LogP contribution in [0.1, 0.15) is 11.1 Å². The van der Waals surface area contributed by atoms with Gasteiger partial charge in [0.2, 0.25) is 0 Å². The van der Waals surface area contributed by atoms with Crippen LogP contribution in [-0.2, 0) is 11.3 Å². The van der Waals surface area contributed by atoms with E-state index in [0.29, 0.717) is 40.5 Å². The van der Waals surface area contributed by atoms with E-state index in [1.165, 1.54) is 4.90 Å². The average molecular weight is 415 g/mol. The van der Waals surface area contributed by atoms with Gasteiger partial charge >= 0.3 is 0 Å². The third-order valence-corrected chi connectivity index (χ3v) is 4.80. The summed E-state index contributed by atoms with van der Waals surface area (Å²) < 4.78 is 10.9. The molecule has 0 bridgehead atoms. The van der Waals surface area contributed by atoms with Crippen molar-refractivity contribution in [2.75, 3.05) is 13.7 Å². The van der Waals surface area contributed by atoms with Crippen LogP contribution in [0.4, 0.5) is 0 Å². The summed E-state index contributed by atoms with van der Waals surface area (Å²) in [5.41, 5.74) is 1.99. The molecule has 7 heteroatoms. The molecule has 0 saturated carbocycles. The number of methoxy groups -OCH3 is 1. The Bertz CT molecular complexity index is 958. The lowest BCUT2D eigenvalue weighted by atomic mass is 10.1. The van der Waals surface area contributed by atoms with Crippen molar-refractivity contribution in [3.63, 3.8) is 0 Å². The molecule has 5 nitrogen and oxygen atoms in total. The first-order valence-electron chi connectivity index (χ1n) is 8.53. The number of nitrogens with zero attached hydrogens (tertiary/aromatic N) is 1. The van der Waals surface area contributed by atoms with Crippen LogP contribution in [0.3, 0.4) is 0 Å². The summed E-state index contributed by atoms with van der Waals surface area (Å²) in [6, 6.07) is 12.8. The summed E-state index contributed by atoms with van der Waals surface area (Å²) >= 11 is 11.5. The topological polar surface area (TPSA) is 50.8 Å². The zero-order valence-corrected chi connectivity index (χ0v) is 16.8. The van der Waals surface area contributed by atoms with E-state index in [-0.39, 0.29) is 5.91 Å². The highest BCUT2D eigenvalue weighted by atomic mass is 35.5. The van der Waals surface area contributed by atoms with Gasteiger partial charge in [-0.3, -0.25) is 9.69 Å². The Morgan fingerprint density at radius 3 is 2.75 bits per heavy atom. The predicted molar refractivity (Wildman–Crippen MR) is 114 cm³/mol. The van der Waals surface area contributed by atoms with Crippen LogP contribution in [-0.4, -0.2) is 29.6 Å². The molecule has 1 N–H and O–H groups in total. The summed E-state index contributed by atoms with van der Waals surface area (Å²) in [6.07, 6.45) is 3.38. The third-order valence-electron chi connectivity index (χ3n) is 4.10. The van der Waals surface area contributed by atoms with Gasteiger partial charge in [0, 0.05) is 5.02 Å². The minimum atomic E-state index is -0.212. The van der Waals surface area contributed by atoms with E-state index < -0.39 is 0 Å². The highest BCUT2D eigenvalue weighted by molar-refractivity contribution is 7.80. The van der Waals surface area contributed by atoms with Crippen molar-refractivity contribution >= 4 is 40.9 Å². The van der Waals surface area contributed by atoms with Crippen molar-refractivity contribution in [1.82, 2.24) is 10.2 Å². The number of halogens is 1. The minimum Gasteiger partial charge on any atom is -0.493 e. The van der Waals surface area contributed by atoms with Crippen molar-refractivity contribution in [2.45, 2.75) is 6.54 Å². The number of carbonyl (C=O) groups excluding carboxylic acids is 1. The van der Waals surface area contributed by atoms with Gasteiger partial charge in [0.1, 0.15) is 12.3 Å². The van der Waals surface area contributed by atoms with E-state index in [1.807, 2.05) is 24.3 Å². The fourth-order valence-electron chi connectivity index (χ4n) is 2.72. The van der Waals surface area contributed by atoms with Crippen molar-refractivity contribution in [3.8, 4) is 11.5 Å². The lowest BCUT2D eigenvalue weighted by Gasteiger charge is -2.14. The Kier molecular flexibility index (Phi) is 6.34. The zero-order valence-electron chi connectivity index (χ0n) is 15.3. The van der Waals surface area contributed by atoms with Crippen LogP contribution in [0.5, 0.6) is 11.5 Å². The second kappa shape index (κ2) is 8.91. The molecule has 0 radical (unpaired) electrons. The van der Waals surface area contributed by atoms with Gasteiger partial charge in [-0.05, 0) is 47.6 Å². The Morgan fingerprint density at radius 1 is 1.25 bits per heavy atom. The van der Waals surface area contributed by atoms with E-state index in [9.17, 15) is 4.79 Å². The fourth-order valence-corrected chi connectivity index (χ4v) is 3.17. The number of thiocarbonyl (C=S) groups is 1. The zero-order chi connectivity index (χ0) is 20.1. The molecule has 1 heterocycles. The number of ether oxygens (including phenoxy) is 2. The third kappa shape index (κ3) is 4.35. The SMILES string of the molecule is C=CCOc1ccc(/C=C2\NC(=S)N(Cc3ccccc3Cl)C2=O)cc1OC. The lowest BCUT2D eigenvalue weighted by Crippen LogP contribution is -2.30. The predicted octanol–water partition coefficient (Wildman–Crippen LogP) is 4.17. The minimum absolute atomic E-state index is 0.212. The molecule has 0 aliphatic carbocycles. The van der Waals surface area contributed by atoms with E-state index in [2.05, 4.69) is 11.9 Å². The van der Waals surface area contributed by atoms with Crippen molar-refractivity contribution < 1.29 is 14.3 Å². The van der Waals surface area contributed by atoms with E-state index in [0.717, 1.165) is 11.1 Å². The maximum absolute atomic E-state index is 12.8. The van der Waals surface area contributed by atoms with Gasteiger partial charge in [0.25, 0.3) is 5.91 Å². The number of nitrogens with one attached hydrogen (secondary N) is 1. The van der Waals surface area contributed by atoms with Crippen LogP contribution in [0.2, 0.25) is 5.02 Å². The van der Waals surface area contributed by atoms with Gasteiger partial charge in [-0.1, -0.05) is 48.5 Å². The Morgan fingerprint density at radius 2 is 2.04 bits per heavy atom. The molecule has 3 rings (SSSR count). The number of hydrogen-bond donors (Lipinski definition) is 1. The van der Waals surface area contributed by atoms with Crippen molar-refractivity contribution in [3.05, 3.63) is 77.0 Å². The molecule has 1 fully saturated rings. The van der Waals surface area contributed by atoms with Gasteiger partial charge < -0.3 is 14.8 Å². The average Bonchev–Trinajstić information content (AvgIpc) is 2.95. The molecule has 0 spiro atoms. The van der Waals surface area contributed by atoms with Crippen LogP contribution in [0.25, 0.3) is 6.08 Å². The summed E-state index contributed by atoms with van der Waals surface area (Å²) in [5.74, 6) is 0.958. The standard InChI is InChI=1S/C21H19ClN2O3S/c1-3-10-27-18-9-8-14(12-19(18)26-2)11-17-20(25)24(21(28)23-17)13-15-6-4-5-7-16(15)22/h3-9,11-12H,1,10,13H2,2H3,(H,23,28)/b17-11-. The summed E-state index contributed by atoms with van der Waals surface area (Å²) in [7, 11) is 1.56. The first-order valence-corrected chi connectivity index (χ1v) is 9.31. The number of hydrogen-bond acceptors (Lipinski definition) is 4. The lowest BCUT2D eigenvalue weighted by molar-refractivity contribution is -0.122. The first-order chi connectivity index (χ1) is 13.5. The van der Waals surface area contributed by atoms with Gasteiger partial charge in [-0.2, -0.15) is 0 Å². The van der Waals surface area contributed by atoms with Crippen LogP contribution in [0, 0.1) is 0 Å². The summed E-state index contributed by atoms with van der Waals surface area (Å²) in [6.45, 7) is 4.31. The summed E-state index contributed by atoms with van der Waals surface area (Å²) in [4.78, 5) is 14.3. The van der Waals surface area contributed by atoms with Crippen molar-refractivity contribution in [1.29, 1.82) is 0 Å². The van der Waals surface area contributed by atoms with E-state index in [1.54, 1.807) is 37.5 Å². The molecule has 1 aliphatic heterocycles. The number of carbonyl (C=O) groups is 1. The molecular weight excluding hydrogens is 396 g/mol. The maximum atomic E-state index is 12.8. The molecule has 2 aromatic carbocycles. The molecule has 1 aliphatic rings. The monoisotopic (exact) mass is 414 g/mol. The fraction of sp³-hybridized carbons (Fsp3) is 0.143. The van der Waals surface area contributed by atoms with Crippen LogP contribution < -0.4 is 14.8 Å². The second-order valence-corrected chi connectivity index (χ2v) is 6.77. The van der Waals surface area contributed by atoms with Gasteiger partial charge in [0.05, 0.1) is 13.7 Å². The Hall–Kier alpha value is -2.83. The molecule has 1 saturated heterocycles. The highest BCUT2D eigenvalue weighted by Gasteiger charge is 2.31. The summed E-state index contributed by atoms with van der Waals surface area (Å²) in [5, 5.41) is 3.90. The maximum Gasteiger partial charge on any atom is 0.276 e. The first kappa shape index (κ1) is 19.9. The normalized spacial score (nSPS) is 14.9. The van der Waals surface area contributed by atoms with E-state index in [4.69, 9.17) is 33.3 Å². The van der Waals surface area contributed by atoms with Gasteiger partial charge in [-0.25, -0.2) is 0 Å². The van der Waals surface area contributed by atoms with Gasteiger partial charge in [0.15, 0.2) is 16.6 Å². The van der Waals surface area contributed by atoms with Crippen molar-refractivity contribution in [2.24, 2.45) is 0 Å². The molecule has 144 valence electrons. The molecule has 0 aromatic heterocycles. The van der Waals surface area contributed by atoms with Crippen LogP contribution in [0.15, 0.2) is 60.8 Å². The number of rotatable bonds is 7. The van der Waals surface area contributed by atoms with Crippen LogP contribution >= 0.6 is 23.8 Å². The molecule has 28 heavy (non-hydrogen) atoms. The quantitative estimate of drug-likeness (QED) is 0.418. The number of amides is 1. The Balaban J connectivity index is 1.81. The molecule has 2 aromatic rings. The largest absolute Gasteiger partial charge is 0.493 e. The highest BCUT2D eigenvalue weighted by Crippen LogP contribution is 2.29.